The highest BCUT2D eigenvalue weighted by Crippen LogP contribution is 2.37. The largest absolute Gasteiger partial charge is 0.369 e. The van der Waals surface area contributed by atoms with E-state index in [4.69, 9.17) is 5.26 Å². The van der Waals surface area contributed by atoms with Gasteiger partial charge < -0.3 is 10.2 Å². The van der Waals surface area contributed by atoms with Crippen LogP contribution in [-0.2, 0) is 0 Å². The highest BCUT2D eigenvalue weighted by molar-refractivity contribution is 5.82. The third kappa shape index (κ3) is 3.12. The minimum absolute atomic E-state index is 0.0657. The highest BCUT2D eigenvalue weighted by atomic mass is 19.1. The van der Waals surface area contributed by atoms with Gasteiger partial charge in [-0.15, -0.1) is 0 Å². The topological polar surface area (TPSA) is 93.9 Å². The Hall–Kier alpha value is -2.66. The van der Waals surface area contributed by atoms with Gasteiger partial charge in [-0.1, -0.05) is 0 Å². The zero-order valence-corrected chi connectivity index (χ0v) is 15.2. The van der Waals surface area contributed by atoms with Crippen LogP contribution in [0.5, 0.6) is 0 Å². The van der Waals surface area contributed by atoms with Crippen molar-refractivity contribution in [3.63, 3.8) is 0 Å². The molecule has 0 spiro atoms. The second kappa shape index (κ2) is 6.82. The Labute approximate surface area is 155 Å². The van der Waals surface area contributed by atoms with Gasteiger partial charge in [-0.3, -0.25) is 14.3 Å². The smallest absolute Gasteiger partial charge is 0.329 e. The summed E-state index contributed by atoms with van der Waals surface area (Å²) in [6, 6.07) is 5.21. The van der Waals surface area contributed by atoms with Gasteiger partial charge in [0, 0.05) is 25.2 Å². The molecule has 7 nitrogen and oxygen atoms in total. The summed E-state index contributed by atoms with van der Waals surface area (Å²) < 4.78 is 16.4. The number of hydrogen-bond donors (Lipinski definition) is 2. The zero-order valence-electron chi connectivity index (χ0n) is 15.2. The first-order valence-corrected chi connectivity index (χ1v) is 9.30. The first-order chi connectivity index (χ1) is 13.0. The molecule has 1 aromatic carbocycles. The van der Waals surface area contributed by atoms with Crippen molar-refractivity contribution >= 4 is 16.6 Å². The maximum Gasteiger partial charge on any atom is 0.329 e. The molecule has 0 radical (unpaired) electrons. The van der Waals surface area contributed by atoms with E-state index in [9.17, 15) is 14.0 Å². The minimum atomic E-state index is -0.555. The third-order valence-electron chi connectivity index (χ3n) is 5.74. The highest BCUT2D eigenvalue weighted by Gasteiger charge is 2.31. The fourth-order valence-corrected chi connectivity index (χ4v) is 4.14. The van der Waals surface area contributed by atoms with Crippen molar-refractivity contribution in [1.29, 1.82) is 5.26 Å². The third-order valence-corrected chi connectivity index (χ3v) is 5.74. The van der Waals surface area contributed by atoms with Crippen LogP contribution in [0.15, 0.2) is 21.7 Å². The number of nitrogens with one attached hydrogen (secondary N) is 2. The number of hydrogen-bond acceptors (Lipinski definition) is 5. The van der Waals surface area contributed by atoms with E-state index in [2.05, 4.69) is 16.4 Å². The SMILES string of the molecule is CNC(CC#N)C1CCN(c2cc3c(cc2F)c(=O)[nH]c(=O)n3C2CC2)C1. The van der Waals surface area contributed by atoms with Crippen LogP contribution in [0.3, 0.4) is 0 Å². The monoisotopic (exact) mass is 371 g/mol. The van der Waals surface area contributed by atoms with Crippen LogP contribution < -0.4 is 21.5 Å². The van der Waals surface area contributed by atoms with E-state index >= 15 is 0 Å². The van der Waals surface area contributed by atoms with E-state index in [0.29, 0.717) is 30.7 Å². The van der Waals surface area contributed by atoms with Crippen molar-refractivity contribution in [2.24, 2.45) is 5.92 Å². The molecule has 1 saturated heterocycles. The number of halogens is 1. The maximum atomic E-state index is 14.8. The minimum Gasteiger partial charge on any atom is -0.369 e. The Kier molecular flexibility index (Phi) is 4.48. The van der Waals surface area contributed by atoms with Gasteiger partial charge in [0.1, 0.15) is 5.82 Å². The van der Waals surface area contributed by atoms with Crippen molar-refractivity contribution in [3.05, 3.63) is 38.8 Å². The van der Waals surface area contributed by atoms with Crippen LogP contribution in [0, 0.1) is 23.1 Å². The number of aromatic nitrogens is 2. The molecule has 0 amide bonds. The molecule has 142 valence electrons. The molecule has 1 aliphatic heterocycles. The number of H-pyrrole nitrogens is 1. The van der Waals surface area contributed by atoms with Crippen molar-refractivity contribution in [2.45, 2.75) is 37.8 Å². The van der Waals surface area contributed by atoms with Crippen molar-refractivity contribution in [1.82, 2.24) is 14.9 Å². The van der Waals surface area contributed by atoms with Crippen LogP contribution in [0.1, 0.15) is 31.7 Å². The predicted molar refractivity (Wildman–Crippen MR) is 100 cm³/mol. The molecule has 27 heavy (non-hydrogen) atoms. The second-order valence-corrected chi connectivity index (χ2v) is 7.43. The predicted octanol–water partition coefficient (Wildman–Crippen LogP) is 1.49. The van der Waals surface area contributed by atoms with Crippen LogP contribution >= 0.6 is 0 Å². The molecular weight excluding hydrogens is 349 g/mol. The molecule has 8 heteroatoms. The molecule has 4 rings (SSSR count). The lowest BCUT2D eigenvalue weighted by Gasteiger charge is -2.23. The zero-order chi connectivity index (χ0) is 19.1. The molecule has 2 aliphatic rings. The first-order valence-electron chi connectivity index (χ1n) is 9.30. The quantitative estimate of drug-likeness (QED) is 0.831. The Balaban J connectivity index is 1.74. The molecule has 1 aromatic heterocycles. The summed E-state index contributed by atoms with van der Waals surface area (Å²) in [6.45, 7) is 1.31. The number of nitrogens with zero attached hydrogens (tertiary/aromatic N) is 3. The molecule has 2 aromatic rings. The maximum absolute atomic E-state index is 14.8. The van der Waals surface area contributed by atoms with Gasteiger partial charge in [0.2, 0.25) is 0 Å². The molecule has 2 atom stereocenters. The molecule has 0 bridgehead atoms. The Bertz CT molecular complexity index is 1030. The van der Waals surface area contributed by atoms with Crippen molar-refractivity contribution < 1.29 is 4.39 Å². The van der Waals surface area contributed by atoms with Crippen LogP contribution in [-0.4, -0.2) is 35.7 Å². The van der Waals surface area contributed by atoms with E-state index in [0.717, 1.165) is 19.3 Å². The van der Waals surface area contributed by atoms with E-state index in [-0.39, 0.29) is 23.4 Å². The average molecular weight is 371 g/mol. The van der Waals surface area contributed by atoms with Crippen LogP contribution in [0.4, 0.5) is 10.1 Å². The van der Waals surface area contributed by atoms with Gasteiger partial charge in [0.05, 0.1) is 29.1 Å². The van der Waals surface area contributed by atoms with Crippen molar-refractivity contribution in [2.75, 3.05) is 25.0 Å². The summed E-state index contributed by atoms with van der Waals surface area (Å²) in [5.41, 5.74) is -0.0819. The van der Waals surface area contributed by atoms with Gasteiger partial charge in [-0.25, -0.2) is 9.18 Å². The van der Waals surface area contributed by atoms with E-state index in [1.165, 1.54) is 6.07 Å². The average Bonchev–Trinajstić information content (AvgIpc) is 3.35. The summed E-state index contributed by atoms with van der Waals surface area (Å²) in [5, 5.41) is 12.4. The number of fused-ring (bicyclic) bond motifs is 1. The van der Waals surface area contributed by atoms with Crippen molar-refractivity contribution in [3.8, 4) is 6.07 Å². The van der Waals surface area contributed by atoms with E-state index in [1.807, 2.05) is 11.9 Å². The number of aromatic amines is 1. The lowest BCUT2D eigenvalue weighted by atomic mass is 9.97. The molecular formula is C19H22FN5O2. The summed E-state index contributed by atoms with van der Waals surface area (Å²) in [7, 11) is 1.84. The number of nitriles is 1. The number of benzene rings is 1. The molecule has 2 fully saturated rings. The molecule has 1 saturated carbocycles. The normalized spacial score (nSPS) is 20.8. The van der Waals surface area contributed by atoms with Gasteiger partial charge >= 0.3 is 5.69 Å². The van der Waals surface area contributed by atoms with Crippen LogP contribution in [0.25, 0.3) is 10.9 Å². The summed E-state index contributed by atoms with van der Waals surface area (Å²) >= 11 is 0. The Morgan fingerprint density at radius 3 is 2.81 bits per heavy atom. The molecule has 2 N–H and O–H groups in total. The first kappa shape index (κ1) is 17.7. The summed E-state index contributed by atoms with van der Waals surface area (Å²) in [6.07, 6.45) is 3.04. The Morgan fingerprint density at radius 2 is 2.15 bits per heavy atom. The summed E-state index contributed by atoms with van der Waals surface area (Å²) in [4.78, 5) is 28.7. The molecule has 2 unspecified atom stereocenters. The Morgan fingerprint density at radius 1 is 1.37 bits per heavy atom. The number of anilines is 1. The summed E-state index contributed by atoms with van der Waals surface area (Å²) in [5.74, 6) is -0.217. The van der Waals surface area contributed by atoms with Gasteiger partial charge in [0.25, 0.3) is 5.56 Å². The van der Waals surface area contributed by atoms with E-state index < -0.39 is 17.1 Å². The second-order valence-electron chi connectivity index (χ2n) is 7.43. The molecule has 1 aliphatic carbocycles. The number of rotatable bonds is 5. The van der Waals surface area contributed by atoms with Gasteiger partial charge in [-0.2, -0.15) is 5.26 Å². The van der Waals surface area contributed by atoms with Gasteiger partial charge in [0.15, 0.2) is 0 Å². The fraction of sp³-hybridized carbons (Fsp3) is 0.526. The standard InChI is InChI=1S/C19H22FN5O2/c1-22-15(4-6-21)11-5-7-24(10-11)17-9-16-13(8-14(17)20)18(26)23-19(27)25(16)12-2-3-12/h8-9,11-12,15,22H,2-5,7,10H2,1H3,(H,23,26,27). The van der Waals surface area contributed by atoms with E-state index in [1.54, 1.807) is 10.6 Å². The van der Waals surface area contributed by atoms with Gasteiger partial charge in [-0.05, 0) is 44.4 Å². The fourth-order valence-electron chi connectivity index (χ4n) is 4.14. The lowest BCUT2D eigenvalue weighted by Crippen LogP contribution is -2.35. The van der Waals surface area contributed by atoms with Crippen LogP contribution in [0.2, 0.25) is 0 Å². The lowest BCUT2D eigenvalue weighted by molar-refractivity contribution is 0.406. The molecule has 2 heterocycles.